The normalized spacial score (nSPS) is 23.0. The van der Waals surface area contributed by atoms with E-state index >= 15 is 0 Å². The molecule has 0 amide bonds. The molecule has 0 radical (unpaired) electrons. The highest BCUT2D eigenvalue weighted by atomic mass is 16.6. The molecule has 0 spiro atoms. The number of ether oxygens (including phenoxy) is 2. The maximum absolute atomic E-state index is 12.3. The molecule has 5 nitrogen and oxygen atoms in total. The van der Waals surface area contributed by atoms with Crippen LogP contribution in [0.1, 0.15) is 36.8 Å². The zero-order valence-corrected chi connectivity index (χ0v) is 13.7. The Kier molecular flexibility index (Phi) is 4.66. The van der Waals surface area contributed by atoms with E-state index in [-0.39, 0.29) is 12.1 Å². The first-order chi connectivity index (χ1) is 11.1. The molecule has 0 N–H and O–H groups in total. The fourth-order valence-corrected chi connectivity index (χ4v) is 3.36. The first kappa shape index (κ1) is 16.0. The minimum atomic E-state index is -0.504. The highest BCUT2D eigenvalue weighted by Gasteiger charge is 2.44. The molecule has 1 atom stereocenters. The number of aryl methyl sites for hydroxylation is 1. The standard InChI is InChI=1S/C18H23NO4/c1-13-3-5-14(6-4-13)16-11-15(23-19-16)12-18(17(20)21-2)7-9-22-10-8-18/h3-6,15H,7-12H2,1-2H3/t15-/m0/s1. The van der Waals surface area contributed by atoms with Gasteiger partial charge in [-0.15, -0.1) is 0 Å². The van der Waals surface area contributed by atoms with Crippen molar-refractivity contribution in [2.45, 2.75) is 38.7 Å². The van der Waals surface area contributed by atoms with Crippen molar-refractivity contribution in [1.29, 1.82) is 0 Å². The molecule has 2 aliphatic heterocycles. The fourth-order valence-electron chi connectivity index (χ4n) is 3.36. The predicted molar refractivity (Wildman–Crippen MR) is 86.3 cm³/mol. The molecule has 1 aromatic rings. The summed E-state index contributed by atoms with van der Waals surface area (Å²) in [4.78, 5) is 17.9. The van der Waals surface area contributed by atoms with Crippen LogP contribution in [0.4, 0.5) is 0 Å². The summed E-state index contributed by atoms with van der Waals surface area (Å²) in [5.41, 5.74) is 2.74. The number of nitrogens with zero attached hydrogens (tertiary/aromatic N) is 1. The SMILES string of the molecule is COC(=O)C1(C[C@@H]2CC(c3ccc(C)cc3)=NO2)CCOCC1. The average molecular weight is 317 g/mol. The largest absolute Gasteiger partial charge is 0.469 e. The minimum absolute atomic E-state index is 0.0801. The van der Waals surface area contributed by atoms with Crippen LogP contribution in [0.25, 0.3) is 0 Å². The number of carbonyl (C=O) groups is 1. The van der Waals surface area contributed by atoms with Gasteiger partial charge in [-0.2, -0.15) is 0 Å². The van der Waals surface area contributed by atoms with Crippen LogP contribution < -0.4 is 0 Å². The Balaban J connectivity index is 1.67. The Bertz CT molecular complexity index is 588. The average Bonchev–Trinajstić information content (AvgIpc) is 3.04. The van der Waals surface area contributed by atoms with E-state index in [4.69, 9.17) is 14.3 Å². The van der Waals surface area contributed by atoms with E-state index in [0.717, 1.165) is 17.7 Å². The molecule has 1 aromatic carbocycles. The van der Waals surface area contributed by atoms with Crippen LogP contribution >= 0.6 is 0 Å². The van der Waals surface area contributed by atoms with E-state index in [1.165, 1.54) is 12.7 Å². The molecule has 0 bridgehead atoms. The lowest BCUT2D eigenvalue weighted by Gasteiger charge is -2.35. The topological polar surface area (TPSA) is 57.1 Å². The molecule has 0 unspecified atom stereocenters. The summed E-state index contributed by atoms with van der Waals surface area (Å²) < 4.78 is 10.4. The predicted octanol–water partition coefficient (Wildman–Crippen LogP) is 2.85. The van der Waals surface area contributed by atoms with E-state index in [1.807, 2.05) is 0 Å². The summed E-state index contributed by atoms with van der Waals surface area (Å²) in [6, 6.07) is 8.26. The number of oxime groups is 1. The molecule has 2 aliphatic rings. The number of carbonyl (C=O) groups excluding carboxylic acids is 1. The van der Waals surface area contributed by atoms with Crippen molar-refractivity contribution >= 4 is 11.7 Å². The maximum Gasteiger partial charge on any atom is 0.312 e. The van der Waals surface area contributed by atoms with Crippen molar-refractivity contribution < 1.29 is 19.1 Å². The zero-order valence-electron chi connectivity index (χ0n) is 13.7. The number of rotatable bonds is 4. The summed E-state index contributed by atoms with van der Waals surface area (Å²) in [7, 11) is 1.45. The van der Waals surface area contributed by atoms with Crippen LogP contribution in [0.5, 0.6) is 0 Å². The van der Waals surface area contributed by atoms with Crippen LogP contribution in [0.3, 0.4) is 0 Å². The number of hydrogen-bond donors (Lipinski definition) is 0. The van der Waals surface area contributed by atoms with Crippen LogP contribution in [-0.4, -0.2) is 38.1 Å². The van der Waals surface area contributed by atoms with Gasteiger partial charge in [0.2, 0.25) is 0 Å². The Morgan fingerprint density at radius 3 is 2.65 bits per heavy atom. The molecule has 2 heterocycles. The Morgan fingerprint density at radius 1 is 1.30 bits per heavy atom. The molecule has 1 fully saturated rings. The zero-order chi connectivity index (χ0) is 16.3. The highest BCUT2D eigenvalue weighted by molar-refractivity contribution is 6.01. The number of benzene rings is 1. The lowest BCUT2D eigenvalue weighted by molar-refractivity contribution is -0.162. The van der Waals surface area contributed by atoms with Gasteiger partial charge in [-0.1, -0.05) is 35.0 Å². The summed E-state index contributed by atoms with van der Waals surface area (Å²) >= 11 is 0. The third-order valence-electron chi connectivity index (χ3n) is 4.80. The third kappa shape index (κ3) is 3.39. The minimum Gasteiger partial charge on any atom is -0.469 e. The first-order valence-electron chi connectivity index (χ1n) is 8.09. The van der Waals surface area contributed by atoms with Crippen molar-refractivity contribution in [3.8, 4) is 0 Å². The van der Waals surface area contributed by atoms with Gasteiger partial charge >= 0.3 is 5.97 Å². The number of hydrogen-bond acceptors (Lipinski definition) is 5. The first-order valence-corrected chi connectivity index (χ1v) is 8.09. The van der Waals surface area contributed by atoms with Crippen LogP contribution in [0.15, 0.2) is 29.4 Å². The lowest BCUT2D eigenvalue weighted by atomic mass is 9.75. The monoisotopic (exact) mass is 317 g/mol. The van der Waals surface area contributed by atoms with Crippen molar-refractivity contribution in [2.75, 3.05) is 20.3 Å². The van der Waals surface area contributed by atoms with Gasteiger partial charge in [-0.05, 0) is 25.3 Å². The molecular formula is C18H23NO4. The molecule has 1 saturated heterocycles. The fraction of sp³-hybridized carbons (Fsp3) is 0.556. The van der Waals surface area contributed by atoms with Crippen molar-refractivity contribution in [3.63, 3.8) is 0 Å². The Hall–Kier alpha value is -1.88. The van der Waals surface area contributed by atoms with Gasteiger partial charge in [0.1, 0.15) is 6.10 Å². The van der Waals surface area contributed by atoms with E-state index in [9.17, 15) is 4.79 Å². The van der Waals surface area contributed by atoms with Gasteiger partial charge in [0.15, 0.2) is 0 Å². The molecule has 0 saturated carbocycles. The van der Waals surface area contributed by atoms with Gasteiger partial charge < -0.3 is 14.3 Å². The Morgan fingerprint density at radius 2 is 2.00 bits per heavy atom. The molecule has 0 aromatic heterocycles. The summed E-state index contributed by atoms with van der Waals surface area (Å²) in [5.74, 6) is -0.159. The van der Waals surface area contributed by atoms with Crippen LogP contribution in [0, 0.1) is 12.3 Å². The van der Waals surface area contributed by atoms with Gasteiger partial charge in [0.05, 0.1) is 18.2 Å². The van der Waals surface area contributed by atoms with E-state index < -0.39 is 5.41 Å². The summed E-state index contributed by atoms with van der Waals surface area (Å²) in [6.07, 6.45) is 2.63. The third-order valence-corrected chi connectivity index (χ3v) is 4.80. The second-order valence-electron chi connectivity index (χ2n) is 6.42. The Labute approximate surface area is 136 Å². The summed E-state index contributed by atoms with van der Waals surface area (Å²) in [5, 5.41) is 4.23. The molecule has 0 aliphatic carbocycles. The van der Waals surface area contributed by atoms with Gasteiger partial charge in [0, 0.05) is 26.1 Å². The lowest BCUT2D eigenvalue weighted by Crippen LogP contribution is -2.41. The second-order valence-corrected chi connectivity index (χ2v) is 6.42. The van der Waals surface area contributed by atoms with E-state index in [1.54, 1.807) is 0 Å². The van der Waals surface area contributed by atoms with Gasteiger partial charge in [0.25, 0.3) is 0 Å². The smallest absolute Gasteiger partial charge is 0.312 e. The van der Waals surface area contributed by atoms with Crippen molar-refractivity contribution in [1.82, 2.24) is 0 Å². The van der Waals surface area contributed by atoms with Crippen LogP contribution in [-0.2, 0) is 19.1 Å². The van der Waals surface area contributed by atoms with Crippen molar-refractivity contribution in [2.24, 2.45) is 10.6 Å². The van der Waals surface area contributed by atoms with E-state index in [0.29, 0.717) is 32.5 Å². The summed E-state index contributed by atoms with van der Waals surface area (Å²) in [6.45, 7) is 3.24. The molecule has 5 heteroatoms. The molecule has 3 rings (SSSR count). The van der Waals surface area contributed by atoms with Crippen LogP contribution in [0.2, 0.25) is 0 Å². The highest BCUT2D eigenvalue weighted by Crippen LogP contribution is 2.39. The number of esters is 1. The maximum atomic E-state index is 12.3. The van der Waals surface area contributed by atoms with E-state index in [2.05, 4.69) is 36.3 Å². The van der Waals surface area contributed by atoms with Gasteiger partial charge in [-0.25, -0.2) is 0 Å². The number of methoxy groups -OCH3 is 1. The molecule has 124 valence electrons. The van der Waals surface area contributed by atoms with Crippen molar-refractivity contribution in [3.05, 3.63) is 35.4 Å². The molecular weight excluding hydrogens is 294 g/mol. The van der Waals surface area contributed by atoms with Gasteiger partial charge in [-0.3, -0.25) is 4.79 Å². The molecule has 23 heavy (non-hydrogen) atoms. The second kappa shape index (κ2) is 6.71. The quantitative estimate of drug-likeness (QED) is 0.801.